The first-order valence-corrected chi connectivity index (χ1v) is 8.56. The Balaban J connectivity index is 2.98. The van der Waals surface area contributed by atoms with Crippen LogP contribution >= 0.6 is 7.26 Å². The Morgan fingerprint density at radius 1 is 0.846 bits per heavy atom. The molecule has 1 saturated heterocycles. The van der Waals surface area contributed by atoms with E-state index < -0.39 is 7.26 Å². The zero-order chi connectivity index (χ0) is 10.4. The maximum atomic E-state index is 2.63. The number of hydrogen-bond acceptors (Lipinski definition) is 0. The molecular weight excluding hydrogens is 175 g/mol. The van der Waals surface area contributed by atoms with Gasteiger partial charge in [0, 0.05) is 0 Å². The van der Waals surface area contributed by atoms with Gasteiger partial charge in [-0.15, -0.1) is 0 Å². The molecule has 0 radical (unpaired) electrons. The molecule has 1 heteroatoms. The van der Waals surface area contributed by atoms with Crippen molar-refractivity contribution in [1.29, 1.82) is 0 Å². The Kier molecular flexibility index (Phi) is 3.13. The molecule has 0 bridgehead atoms. The Morgan fingerprint density at radius 3 is 1.31 bits per heavy atom. The first-order valence-electron chi connectivity index (χ1n) is 5.83. The first-order chi connectivity index (χ1) is 5.83. The van der Waals surface area contributed by atoms with Crippen LogP contribution in [0.2, 0.25) is 0 Å². The van der Waals surface area contributed by atoms with Crippen molar-refractivity contribution in [2.75, 3.05) is 6.66 Å². The van der Waals surface area contributed by atoms with E-state index in [1.54, 1.807) is 0 Å². The second kappa shape index (κ2) is 3.54. The second-order valence-electron chi connectivity index (χ2n) is 5.82. The van der Waals surface area contributed by atoms with Gasteiger partial charge >= 0.3 is 84.3 Å². The minimum atomic E-state index is -0.997. The van der Waals surface area contributed by atoms with Gasteiger partial charge in [0.15, 0.2) is 0 Å². The summed E-state index contributed by atoms with van der Waals surface area (Å²) in [5.41, 5.74) is 2.97. The van der Waals surface area contributed by atoms with Crippen molar-refractivity contribution in [3.63, 3.8) is 0 Å². The van der Waals surface area contributed by atoms with E-state index in [2.05, 4.69) is 48.2 Å². The van der Waals surface area contributed by atoms with E-state index in [1.807, 2.05) is 0 Å². The summed E-state index contributed by atoms with van der Waals surface area (Å²) in [4.78, 5) is 0. The molecule has 13 heavy (non-hydrogen) atoms. The van der Waals surface area contributed by atoms with E-state index >= 15 is 0 Å². The van der Waals surface area contributed by atoms with E-state index in [0.717, 1.165) is 28.8 Å². The van der Waals surface area contributed by atoms with Gasteiger partial charge in [0.2, 0.25) is 0 Å². The number of hydrogen-bond donors (Lipinski definition) is 0. The molecule has 0 saturated carbocycles. The molecule has 4 unspecified atom stereocenters. The summed E-state index contributed by atoms with van der Waals surface area (Å²) in [5, 5.41) is 0. The average Bonchev–Trinajstić information content (AvgIpc) is 2.22. The van der Waals surface area contributed by atoms with E-state index in [1.165, 1.54) is 0 Å². The van der Waals surface area contributed by atoms with Gasteiger partial charge in [-0.2, -0.15) is 0 Å². The molecule has 1 aliphatic rings. The van der Waals surface area contributed by atoms with E-state index in [9.17, 15) is 0 Å². The zero-order valence-corrected chi connectivity index (χ0v) is 11.4. The normalized spacial score (nSPS) is 46.8. The summed E-state index contributed by atoms with van der Waals surface area (Å²) in [6.07, 6.45) is 0. The molecule has 0 aromatic heterocycles. The first kappa shape index (κ1) is 11.5. The predicted octanol–water partition coefficient (Wildman–Crippen LogP) is 3.84. The molecule has 4 atom stereocenters. The third-order valence-electron chi connectivity index (χ3n) is 5.61. The van der Waals surface area contributed by atoms with Crippen LogP contribution in [0.15, 0.2) is 0 Å². The van der Waals surface area contributed by atoms with Crippen LogP contribution in [0.3, 0.4) is 0 Å². The molecule has 1 fully saturated rings. The van der Waals surface area contributed by atoms with Gasteiger partial charge in [0.1, 0.15) is 0 Å². The Morgan fingerprint density at radius 2 is 1.15 bits per heavy atom. The molecule has 0 aliphatic carbocycles. The molecule has 1 rings (SSSR count). The summed E-state index contributed by atoms with van der Waals surface area (Å²) < 4.78 is 0. The van der Waals surface area contributed by atoms with Crippen molar-refractivity contribution in [2.24, 2.45) is 11.8 Å². The zero-order valence-electron chi connectivity index (χ0n) is 10.4. The molecule has 0 N–H and O–H groups in total. The average molecular weight is 202 g/mol. The number of rotatable bonds is 1. The Bertz CT molecular complexity index is 172. The molecule has 0 amide bonds. The van der Waals surface area contributed by atoms with Crippen LogP contribution in [0, 0.1) is 11.8 Å². The molecule has 0 aromatic rings. The third-order valence-corrected chi connectivity index (χ3v) is 13.1. The van der Waals surface area contributed by atoms with Gasteiger partial charge in [0.25, 0.3) is 0 Å². The van der Waals surface area contributed by atoms with Crippen LogP contribution in [0.25, 0.3) is 0 Å². The van der Waals surface area contributed by atoms with Gasteiger partial charge in [0.05, 0.1) is 0 Å². The second-order valence-corrected chi connectivity index (χ2v) is 11.5. The van der Waals surface area contributed by atoms with Crippen molar-refractivity contribution in [3.8, 4) is 0 Å². The van der Waals surface area contributed by atoms with Crippen LogP contribution in [-0.4, -0.2) is 23.6 Å². The third kappa shape index (κ3) is 1.46. The molecule has 0 aromatic carbocycles. The summed E-state index contributed by atoms with van der Waals surface area (Å²) in [6, 6.07) is 0. The molecule has 0 spiro atoms. The summed E-state index contributed by atoms with van der Waals surface area (Å²) in [7, 11) is -0.997. The summed E-state index contributed by atoms with van der Waals surface area (Å²) in [5.74, 6) is 1.91. The fourth-order valence-electron chi connectivity index (χ4n) is 3.51. The van der Waals surface area contributed by atoms with Gasteiger partial charge < -0.3 is 0 Å². The maximum absolute atomic E-state index is 2.63. The fraction of sp³-hybridized carbons (Fsp3) is 1.00. The molecule has 0 nitrogen and oxygen atoms in total. The summed E-state index contributed by atoms with van der Waals surface area (Å²) >= 11 is 0. The van der Waals surface area contributed by atoms with Crippen molar-refractivity contribution in [3.05, 3.63) is 0 Å². The van der Waals surface area contributed by atoms with Gasteiger partial charge in [-0.1, -0.05) is 0 Å². The SMILES string of the molecule is CC1C(C)C(C)[PH](C)(C(C)C)C1C. The van der Waals surface area contributed by atoms with Crippen molar-refractivity contribution < 1.29 is 0 Å². The van der Waals surface area contributed by atoms with Gasteiger partial charge in [-0.25, -0.2) is 0 Å². The fourth-order valence-corrected chi connectivity index (χ4v) is 9.32. The molecular formula is C12H27P. The molecule has 1 aliphatic heterocycles. The monoisotopic (exact) mass is 202 g/mol. The van der Waals surface area contributed by atoms with E-state index in [-0.39, 0.29) is 0 Å². The standard InChI is InChI=1S/C12H27P/c1-8(2)13(7)11(5)9(3)10(4)12(13)6/h8-13H,1-7H3. The van der Waals surface area contributed by atoms with Crippen molar-refractivity contribution in [2.45, 2.75) is 58.5 Å². The molecule has 1 heterocycles. The quantitative estimate of drug-likeness (QED) is 0.567. The van der Waals surface area contributed by atoms with E-state index in [0.29, 0.717) is 0 Å². The van der Waals surface area contributed by atoms with Gasteiger partial charge in [-0.05, 0) is 0 Å². The van der Waals surface area contributed by atoms with Gasteiger partial charge in [-0.3, -0.25) is 0 Å². The summed E-state index contributed by atoms with van der Waals surface area (Å²) in [6.45, 7) is 17.5. The minimum absolute atomic E-state index is 0.949. The Hall–Kier alpha value is 0.430. The predicted molar refractivity (Wildman–Crippen MR) is 66.6 cm³/mol. The Labute approximate surface area is 84.8 Å². The van der Waals surface area contributed by atoms with Crippen LogP contribution in [-0.2, 0) is 0 Å². The molecule has 80 valence electrons. The van der Waals surface area contributed by atoms with E-state index in [4.69, 9.17) is 0 Å². The van der Waals surface area contributed by atoms with Crippen LogP contribution in [0.5, 0.6) is 0 Å². The van der Waals surface area contributed by atoms with Crippen LogP contribution < -0.4 is 0 Å². The van der Waals surface area contributed by atoms with Crippen molar-refractivity contribution >= 4 is 7.26 Å². The van der Waals surface area contributed by atoms with Crippen LogP contribution in [0.1, 0.15) is 41.5 Å². The van der Waals surface area contributed by atoms with Crippen LogP contribution in [0.4, 0.5) is 0 Å². The van der Waals surface area contributed by atoms with Crippen molar-refractivity contribution in [1.82, 2.24) is 0 Å². The topological polar surface area (TPSA) is 0 Å².